The summed E-state index contributed by atoms with van der Waals surface area (Å²) in [5.41, 5.74) is 6.29. The van der Waals surface area contributed by atoms with Gasteiger partial charge in [0, 0.05) is 21.4 Å². The van der Waals surface area contributed by atoms with Crippen LogP contribution in [-0.4, -0.2) is 16.9 Å². The van der Waals surface area contributed by atoms with Crippen LogP contribution in [0.4, 0.5) is 0 Å². The lowest BCUT2D eigenvalue weighted by molar-refractivity contribution is -0.129. The van der Waals surface area contributed by atoms with Gasteiger partial charge in [-0.15, -0.1) is 0 Å². The SMILES string of the molecule is Cc1ccc(Sc2nc3cc(C)ccc3cc2/C=C2/N=C(c3ccc(C)cc3)OC2=O)cc1. The van der Waals surface area contributed by atoms with Crippen molar-refractivity contribution in [3.63, 3.8) is 0 Å². The molecule has 0 amide bonds. The number of aryl methyl sites for hydroxylation is 3. The van der Waals surface area contributed by atoms with Gasteiger partial charge in [-0.3, -0.25) is 0 Å². The Bertz CT molecular complexity index is 1440. The molecular formula is C28H22N2O2S. The maximum absolute atomic E-state index is 12.6. The summed E-state index contributed by atoms with van der Waals surface area (Å²) in [5.74, 6) is -0.135. The Labute approximate surface area is 197 Å². The summed E-state index contributed by atoms with van der Waals surface area (Å²) in [7, 11) is 0. The lowest BCUT2D eigenvalue weighted by atomic mass is 10.1. The average molecular weight is 451 g/mol. The molecule has 0 fully saturated rings. The lowest BCUT2D eigenvalue weighted by Crippen LogP contribution is -2.05. The van der Waals surface area contributed by atoms with E-state index in [1.807, 2.05) is 37.3 Å². The summed E-state index contributed by atoms with van der Waals surface area (Å²) in [5, 5.41) is 1.83. The molecule has 1 aromatic heterocycles. The molecular weight excluding hydrogens is 428 g/mol. The number of rotatable bonds is 4. The van der Waals surface area contributed by atoms with Gasteiger partial charge < -0.3 is 4.74 Å². The highest BCUT2D eigenvalue weighted by Gasteiger charge is 2.24. The summed E-state index contributed by atoms with van der Waals surface area (Å²) < 4.78 is 5.46. The Morgan fingerprint density at radius 2 is 1.48 bits per heavy atom. The van der Waals surface area contributed by atoms with Gasteiger partial charge in [0.15, 0.2) is 5.70 Å². The molecule has 5 rings (SSSR count). The van der Waals surface area contributed by atoms with Gasteiger partial charge in [0.05, 0.1) is 5.52 Å². The van der Waals surface area contributed by atoms with Gasteiger partial charge in [0.2, 0.25) is 5.90 Å². The van der Waals surface area contributed by atoms with Crippen molar-refractivity contribution in [3.05, 3.63) is 106 Å². The number of aromatic nitrogens is 1. The standard InChI is InChI=1S/C28H22N2O2S/c1-17-4-9-20(10-5-17)26-29-25(28(31)32-26)16-22-15-21-11-6-19(3)14-24(21)30-27(22)33-23-12-7-18(2)8-13-23/h4-16H,1-3H3/b25-16+. The third kappa shape index (κ3) is 4.59. The summed E-state index contributed by atoms with van der Waals surface area (Å²) in [6, 6.07) is 24.3. The van der Waals surface area contributed by atoms with E-state index in [9.17, 15) is 4.79 Å². The number of hydrogen-bond acceptors (Lipinski definition) is 5. The van der Waals surface area contributed by atoms with E-state index in [4.69, 9.17) is 9.72 Å². The molecule has 162 valence electrons. The topological polar surface area (TPSA) is 51.6 Å². The third-order valence-corrected chi connectivity index (χ3v) is 6.44. The van der Waals surface area contributed by atoms with Crippen LogP contribution >= 0.6 is 11.8 Å². The fraction of sp³-hybridized carbons (Fsp3) is 0.107. The highest BCUT2D eigenvalue weighted by Crippen LogP contribution is 2.33. The molecule has 0 radical (unpaired) electrons. The highest BCUT2D eigenvalue weighted by molar-refractivity contribution is 7.99. The Hall–Kier alpha value is -3.70. The van der Waals surface area contributed by atoms with Gasteiger partial charge in [0.25, 0.3) is 0 Å². The van der Waals surface area contributed by atoms with Gasteiger partial charge in [-0.25, -0.2) is 14.8 Å². The van der Waals surface area contributed by atoms with E-state index < -0.39 is 5.97 Å². The molecule has 0 atom stereocenters. The number of fused-ring (bicyclic) bond motifs is 1. The van der Waals surface area contributed by atoms with Gasteiger partial charge in [-0.1, -0.05) is 59.3 Å². The Morgan fingerprint density at radius 1 is 0.818 bits per heavy atom. The second kappa shape index (κ2) is 8.68. The molecule has 0 spiro atoms. The van der Waals surface area contributed by atoms with Crippen molar-refractivity contribution in [1.29, 1.82) is 0 Å². The smallest absolute Gasteiger partial charge is 0.363 e. The van der Waals surface area contributed by atoms with E-state index in [-0.39, 0.29) is 5.70 Å². The zero-order valence-corrected chi connectivity index (χ0v) is 19.4. The van der Waals surface area contributed by atoms with Crippen LogP contribution in [0, 0.1) is 20.8 Å². The first-order valence-electron chi connectivity index (χ1n) is 10.7. The van der Waals surface area contributed by atoms with Crippen molar-refractivity contribution >= 4 is 40.6 Å². The number of pyridine rings is 1. The van der Waals surface area contributed by atoms with Crippen LogP contribution in [0.25, 0.3) is 17.0 Å². The first-order valence-corrected chi connectivity index (χ1v) is 11.5. The minimum Gasteiger partial charge on any atom is -0.402 e. The Balaban J connectivity index is 1.59. The van der Waals surface area contributed by atoms with Gasteiger partial charge in [-0.05, 0) is 68.8 Å². The maximum Gasteiger partial charge on any atom is 0.363 e. The molecule has 0 aliphatic carbocycles. The van der Waals surface area contributed by atoms with E-state index >= 15 is 0 Å². The van der Waals surface area contributed by atoms with Gasteiger partial charge in [-0.2, -0.15) is 0 Å². The number of benzene rings is 3. The molecule has 5 heteroatoms. The van der Waals surface area contributed by atoms with Crippen molar-refractivity contribution in [1.82, 2.24) is 4.98 Å². The zero-order valence-electron chi connectivity index (χ0n) is 18.6. The highest BCUT2D eigenvalue weighted by atomic mass is 32.2. The molecule has 3 aromatic carbocycles. The lowest BCUT2D eigenvalue weighted by Gasteiger charge is -2.09. The molecule has 33 heavy (non-hydrogen) atoms. The zero-order chi connectivity index (χ0) is 22.9. The molecule has 1 aliphatic rings. The molecule has 2 heterocycles. The minimum atomic E-state index is -0.458. The van der Waals surface area contributed by atoms with E-state index in [2.05, 4.69) is 61.3 Å². The van der Waals surface area contributed by atoms with E-state index in [1.54, 1.807) is 17.8 Å². The number of ether oxygens (including phenoxy) is 1. The monoisotopic (exact) mass is 450 g/mol. The van der Waals surface area contributed by atoms with Crippen molar-refractivity contribution in [3.8, 4) is 0 Å². The van der Waals surface area contributed by atoms with Crippen LogP contribution in [0.2, 0.25) is 0 Å². The fourth-order valence-corrected chi connectivity index (χ4v) is 4.43. The van der Waals surface area contributed by atoms with E-state index in [0.29, 0.717) is 5.90 Å². The number of aliphatic imine (C=N–C) groups is 1. The summed E-state index contributed by atoms with van der Waals surface area (Å²) >= 11 is 1.57. The number of carbonyl (C=O) groups excluding carboxylic acids is 1. The second-order valence-electron chi connectivity index (χ2n) is 8.20. The first-order chi connectivity index (χ1) is 15.9. The third-order valence-electron chi connectivity index (χ3n) is 5.41. The van der Waals surface area contributed by atoms with Crippen LogP contribution < -0.4 is 0 Å². The van der Waals surface area contributed by atoms with Crippen molar-refractivity contribution in [2.75, 3.05) is 0 Å². The van der Waals surface area contributed by atoms with E-state index in [0.717, 1.165) is 43.1 Å². The molecule has 4 nitrogen and oxygen atoms in total. The predicted molar refractivity (Wildman–Crippen MR) is 134 cm³/mol. The van der Waals surface area contributed by atoms with Crippen LogP contribution in [0.15, 0.2) is 93.4 Å². The molecule has 0 bridgehead atoms. The summed E-state index contributed by atoms with van der Waals surface area (Å²) in [6.07, 6.45) is 1.77. The van der Waals surface area contributed by atoms with Crippen molar-refractivity contribution in [2.24, 2.45) is 4.99 Å². The number of esters is 1. The summed E-state index contributed by atoms with van der Waals surface area (Å²) in [4.78, 5) is 23.1. The molecule has 1 aliphatic heterocycles. The van der Waals surface area contributed by atoms with Crippen LogP contribution in [0.1, 0.15) is 27.8 Å². The van der Waals surface area contributed by atoms with Crippen molar-refractivity contribution in [2.45, 2.75) is 30.7 Å². The average Bonchev–Trinajstić information content (AvgIpc) is 3.16. The Kier molecular flexibility index (Phi) is 5.56. The predicted octanol–water partition coefficient (Wildman–Crippen LogP) is 6.66. The van der Waals surface area contributed by atoms with Crippen LogP contribution in [0.3, 0.4) is 0 Å². The minimum absolute atomic E-state index is 0.268. The summed E-state index contributed by atoms with van der Waals surface area (Å²) in [6.45, 7) is 6.13. The molecule has 0 N–H and O–H groups in total. The van der Waals surface area contributed by atoms with E-state index in [1.165, 1.54) is 5.56 Å². The van der Waals surface area contributed by atoms with Crippen molar-refractivity contribution < 1.29 is 9.53 Å². The molecule has 0 saturated heterocycles. The number of carbonyl (C=O) groups is 1. The van der Waals surface area contributed by atoms with Gasteiger partial charge >= 0.3 is 5.97 Å². The fourth-order valence-electron chi connectivity index (χ4n) is 3.55. The quantitative estimate of drug-likeness (QED) is 0.258. The molecule has 4 aromatic rings. The largest absolute Gasteiger partial charge is 0.402 e. The van der Waals surface area contributed by atoms with Crippen LogP contribution in [0.5, 0.6) is 0 Å². The maximum atomic E-state index is 12.6. The molecule has 0 saturated carbocycles. The number of cyclic esters (lactones) is 1. The second-order valence-corrected chi connectivity index (χ2v) is 9.26. The normalized spacial score (nSPS) is 14.6. The van der Waals surface area contributed by atoms with Gasteiger partial charge in [0.1, 0.15) is 5.03 Å². The Morgan fingerprint density at radius 3 is 2.21 bits per heavy atom. The molecule has 0 unspecified atom stereocenters. The van der Waals surface area contributed by atoms with Crippen LogP contribution in [-0.2, 0) is 9.53 Å². The first kappa shape index (κ1) is 21.2. The number of nitrogens with zero attached hydrogens (tertiary/aromatic N) is 2. The number of hydrogen-bond donors (Lipinski definition) is 0.